The van der Waals surface area contributed by atoms with Crippen LogP contribution in [0, 0.1) is 5.82 Å². The molecule has 3 amide bonds. The summed E-state index contributed by atoms with van der Waals surface area (Å²) < 4.78 is 13.3. The van der Waals surface area contributed by atoms with Gasteiger partial charge in [0, 0.05) is 38.7 Å². The van der Waals surface area contributed by atoms with Crippen molar-refractivity contribution in [1.29, 1.82) is 0 Å². The number of nitrogens with zero attached hydrogens (tertiary/aromatic N) is 1. The molecule has 0 saturated carbocycles. The normalized spacial score (nSPS) is 11.4. The van der Waals surface area contributed by atoms with Crippen LogP contribution in [0.2, 0.25) is 0 Å². The zero-order valence-electron chi connectivity index (χ0n) is 19.4. The second-order valence-corrected chi connectivity index (χ2v) is 7.90. The molecule has 0 aliphatic rings. The molecule has 0 bridgehead atoms. The van der Waals surface area contributed by atoms with Gasteiger partial charge >= 0.3 is 0 Å². The van der Waals surface area contributed by atoms with Gasteiger partial charge in [-0.1, -0.05) is 42.8 Å². The highest BCUT2D eigenvalue weighted by atomic mass is 19.1. The standard InChI is InChI=1S/C26H30FN3O4/c1-30(2)26(33)23(21-12-14-22(27)15-13-21)18-20-9-7-19(8-10-20)11-16-24(31)28-17-5-3-4-6-25(32)29-34/h7-16,18,34H,3-6,17H2,1-2H3,(H,28,31)(H,29,32)/b16-11+,23-18+. The van der Waals surface area contributed by atoms with E-state index >= 15 is 0 Å². The van der Waals surface area contributed by atoms with Crippen LogP contribution in [0.5, 0.6) is 0 Å². The molecule has 0 radical (unpaired) electrons. The van der Waals surface area contributed by atoms with Gasteiger partial charge < -0.3 is 10.2 Å². The fourth-order valence-electron chi connectivity index (χ4n) is 3.09. The van der Waals surface area contributed by atoms with Crippen molar-refractivity contribution in [2.45, 2.75) is 25.7 Å². The smallest absolute Gasteiger partial charge is 0.253 e. The SMILES string of the molecule is CN(C)C(=O)/C(=C/c1ccc(/C=C/C(=O)NCCCCCC(=O)NO)cc1)c1ccc(F)cc1. The third kappa shape index (κ3) is 8.99. The molecular weight excluding hydrogens is 437 g/mol. The molecule has 0 spiro atoms. The van der Waals surface area contributed by atoms with Crippen LogP contribution in [0.1, 0.15) is 42.4 Å². The first-order valence-electron chi connectivity index (χ1n) is 11.0. The Morgan fingerprint density at radius 1 is 0.941 bits per heavy atom. The minimum Gasteiger partial charge on any atom is -0.353 e. The summed E-state index contributed by atoms with van der Waals surface area (Å²) >= 11 is 0. The van der Waals surface area contributed by atoms with E-state index in [2.05, 4.69) is 5.32 Å². The van der Waals surface area contributed by atoms with E-state index in [1.165, 1.54) is 23.1 Å². The first-order valence-corrected chi connectivity index (χ1v) is 11.0. The van der Waals surface area contributed by atoms with Gasteiger partial charge in [0.2, 0.25) is 11.8 Å². The largest absolute Gasteiger partial charge is 0.353 e. The van der Waals surface area contributed by atoms with E-state index in [1.54, 1.807) is 43.9 Å². The van der Waals surface area contributed by atoms with E-state index in [1.807, 2.05) is 24.3 Å². The Morgan fingerprint density at radius 3 is 2.21 bits per heavy atom. The monoisotopic (exact) mass is 467 g/mol. The molecule has 2 aromatic rings. The molecule has 7 nitrogen and oxygen atoms in total. The highest BCUT2D eigenvalue weighted by Crippen LogP contribution is 2.21. The quantitative estimate of drug-likeness (QED) is 0.154. The summed E-state index contributed by atoms with van der Waals surface area (Å²) in [6, 6.07) is 13.1. The lowest BCUT2D eigenvalue weighted by atomic mass is 10.0. The van der Waals surface area contributed by atoms with E-state index in [4.69, 9.17) is 5.21 Å². The van der Waals surface area contributed by atoms with E-state index in [0.29, 0.717) is 24.1 Å². The lowest BCUT2D eigenvalue weighted by Crippen LogP contribution is -2.22. The number of benzene rings is 2. The maximum atomic E-state index is 13.3. The number of likely N-dealkylation sites (N-methyl/N-ethyl adjacent to an activating group) is 1. The highest BCUT2D eigenvalue weighted by Gasteiger charge is 2.14. The van der Waals surface area contributed by atoms with Crippen molar-refractivity contribution in [1.82, 2.24) is 15.7 Å². The predicted molar refractivity (Wildman–Crippen MR) is 130 cm³/mol. The Labute approximate surface area is 198 Å². The molecule has 3 N–H and O–H groups in total. The number of unbranched alkanes of at least 4 members (excludes halogenated alkanes) is 2. The van der Waals surface area contributed by atoms with Crippen LogP contribution in [0.15, 0.2) is 54.6 Å². The summed E-state index contributed by atoms with van der Waals surface area (Å²) in [4.78, 5) is 37.0. The van der Waals surface area contributed by atoms with Gasteiger partial charge in [0.05, 0.1) is 0 Å². The molecular formula is C26H30FN3O4. The highest BCUT2D eigenvalue weighted by molar-refractivity contribution is 6.24. The molecule has 0 heterocycles. The Bertz CT molecular complexity index is 1030. The number of hydroxylamine groups is 1. The molecule has 2 rings (SSSR count). The lowest BCUT2D eigenvalue weighted by Gasteiger charge is -2.14. The fraction of sp³-hybridized carbons (Fsp3) is 0.269. The molecule has 0 aromatic heterocycles. The van der Waals surface area contributed by atoms with E-state index in [0.717, 1.165) is 24.0 Å². The van der Waals surface area contributed by atoms with Crippen LogP contribution in [0.4, 0.5) is 4.39 Å². The molecule has 0 aliphatic carbocycles. The van der Waals surface area contributed by atoms with Gasteiger partial charge in [-0.15, -0.1) is 0 Å². The summed E-state index contributed by atoms with van der Waals surface area (Å²) in [5, 5.41) is 11.2. The molecule has 0 aliphatic heterocycles. The maximum Gasteiger partial charge on any atom is 0.253 e. The van der Waals surface area contributed by atoms with Crippen molar-refractivity contribution in [2.24, 2.45) is 0 Å². The Balaban J connectivity index is 1.95. The molecule has 0 unspecified atom stereocenters. The van der Waals surface area contributed by atoms with Gasteiger partial charge in [0.15, 0.2) is 0 Å². The average molecular weight is 468 g/mol. The number of rotatable bonds is 11. The summed E-state index contributed by atoms with van der Waals surface area (Å²) in [5.41, 5.74) is 4.28. The zero-order valence-corrected chi connectivity index (χ0v) is 19.4. The van der Waals surface area contributed by atoms with Crippen molar-refractivity contribution in [3.05, 3.63) is 77.1 Å². The Hall–Kier alpha value is -3.78. The van der Waals surface area contributed by atoms with Crippen LogP contribution in [0.3, 0.4) is 0 Å². The summed E-state index contributed by atoms with van der Waals surface area (Å²) in [7, 11) is 3.32. The van der Waals surface area contributed by atoms with Gasteiger partial charge in [-0.05, 0) is 53.8 Å². The number of nitrogens with one attached hydrogen (secondary N) is 2. The molecule has 34 heavy (non-hydrogen) atoms. The average Bonchev–Trinajstić information content (AvgIpc) is 2.84. The summed E-state index contributed by atoms with van der Waals surface area (Å²) in [5.74, 6) is -1.19. The van der Waals surface area contributed by atoms with Gasteiger partial charge in [0.25, 0.3) is 5.91 Å². The third-order valence-electron chi connectivity index (χ3n) is 4.97. The van der Waals surface area contributed by atoms with Crippen molar-refractivity contribution in [3.8, 4) is 0 Å². The van der Waals surface area contributed by atoms with Gasteiger partial charge in [0.1, 0.15) is 5.82 Å². The number of hydrogen-bond acceptors (Lipinski definition) is 4. The van der Waals surface area contributed by atoms with Crippen LogP contribution < -0.4 is 10.8 Å². The van der Waals surface area contributed by atoms with Crippen molar-refractivity contribution in [3.63, 3.8) is 0 Å². The van der Waals surface area contributed by atoms with Gasteiger partial charge in [-0.2, -0.15) is 0 Å². The van der Waals surface area contributed by atoms with Crippen LogP contribution >= 0.6 is 0 Å². The van der Waals surface area contributed by atoms with Crippen LogP contribution in [0.25, 0.3) is 17.7 Å². The summed E-state index contributed by atoms with van der Waals surface area (Å²) in [6.45, 7) is 0.500. The van der Waals surface area contributed by atoms with Crippen LogP contribution in [-0.4, -0.2) is 48.5 Å². The molecule has 180 valence electrons. The lowest BCUT2D eigenvalue weighted by molar-refractivity contribution is -0.129. The number of carbonyl (C=O) groups excluding carboxylic acids is 3. The number of hydrogen-bond donors (Lipinski definition) is 3. The maximum absolute atomic E-state index is 13.3. The Kier molecular flexibility index (Phi) is 10.7. The van der Waals surface area contributed by atoms with Gasteiger partial charge in [-0.3, -0.25) is 19.6 Å². The first-order chi connectivity index (χ1) is 16.3. The second-order valence-electron chi connectivity index (χ2n) is 7.90. The summed E-state index contributed by atoms with van der Waals surface area (Å²) in [6.07, 6.45) is 7.29. The molecule has 2 aromatic carbocycles. The van der Waals surface area contributed by atoms with E-state index in [9.17, 15) is 18.8 Å². The number of carbonyl (C=O) groups is 3. The number of amides is 3. The Morgan fingerprint density at radius 2 is 1.59 bits per heavy atom. The fourth-order valence-corrected chi connectivity index (χ4v) is 3.09. The van der Waals surface area contributed by atoms with Crippen molar-refractivity contribution < 1.29 is 24.0 Å². The van der Waals surface area contributed by atoms with Gasteiger partial charge in [-0.25, -0.2) is 9.87 Å². The minimum absolute atomic E-state index is 0.191. The second kappa shape index (κ2) is 13.7. The van der Waals surface area contributed by atoms with E-state index < -0.39 is 5.91 Å². The molecule has 0 saturated heterocycles. The zero-order chi connectivity index (χ0) is 24.9. The minimum atomic E-state index is -0.413. The van der Waals surface area contributed by atoms with Crippen LogP contribution in [-0.2, 0) is 14.4 Å². The molecule has 0 atom stereocenters. The molecule has 8 heteroatoms. The number of halogens is 1. The topological polar surface area (TPSA) is 98.7 Å². The third-order valence-corrected chi connectivity index (χ3v) is 4.97. The van der Waals surface area contributed by atoms with E-state index in [-0.39, 0.29) is 24.1 Å². The van der Waals surface area contributed by atoms with Crippen molar-refractivity contribution in [2.75, 3.05) is 20.6 Å². The first kappa shape index (κ1) is 26.5. The van der Waals surface area contributed by atoms with Crippen molar-refractivity contribution >= 4 is 35.4 Å². The molecule has 0 fully saturated rings. The predicted octanol–water partition coefficient (Wildman–Crippen LogP) is 3.65.